The predicted molar refractivity (Wildman–Crippen MR) is 142 cm³/mol. The predicted octanol–water partition coefficient (Wildman–Crippen LogP) is 3.96. The van der Waals surface area contributed by atoms with Gasteiger partial charge in [-0.2, -0.15) is 0 Å². The summed E-state index contributed by atoms with van der Waals surface area (Å²) in [6.07, 6.45) is 1.56. The van der Waals surface area contributed by atoms with Crippen LogP contribution in [-0.2, 0) is 34.7 Å². The number of β-lactam (4-membered cyclic amide) rings is 1. The van der Waals surface area contributed by atoms with Crippen LogP contribution in [0.3, 0.4) is 0 Å². The van der Waals surface area contributed by atoms with Gasteiger partial charge in [-0.25, -0.2) is 9.79 Å². The number of carboxylic acids is 1. The van der Waals surface area contributed by atoms with Crippen LogP contribution in [0.1, 0.15) is 72.1 Å². The number of fused-ring (bicyclic) bond motifs is 1. The zero-order chi connectivity index (χ0) is 27.9. The van der Waals surface area contributed by atoms with Crippen LogP contribution in [0.5, 0.6) is 5.75 Å². The number of ether oxygens (including phenoxy) is 2. The maximum atomic E-state index is 13.5. The second-order valence-corrected chi connectivity index (χ2v) is 12.3. The second-order valence-electron chi connectivity index (χ2n) is 11.2. The molecule has 0 saturated carbocycles. The van der Waals surface area contributed by atoms with E-state index in [1.54, 1.807) is 13.1 Å². The van der Waals surface area contributed by atoms with Gasteiger partial charge in [0, 0.05) is 42.2 Å². The number of aliphatic carboxylic acids is 1. The molecular formula is C27H36N2O7S. The molecule has 1 aromatic rings. The molecule has 0 bridgehead atoms. The van der Waals surface area contributed by atoms with Gasteiger partial charge >= 0.3 is 11.9 Å². The van der Waals surface area contributed by atoms with Gasteiger partial charge in [0.15, 0.2) is 0 Å². The molecule has 0 spiro atoms. The van der Waals surface area contributed by atoms with E-state index in [0.29, 0.717) is 11.1 Å². The highest BCUT2D eigenvalue weighted by atomic mass is 32.2. The molecular weight excluding hydrogens is 496 g/mol. The SMILES string of the molecule is CCO[C@@]1(/N=C/c2cc(C(C)(C)C)c(O)c(C(C)(C)C)c2)C(=O)N2C(C(=O)O)=C(COC(C)=O)CS[C@@H]21. The molecule has 2 heterocycles. The van der Waals surface area contributed by atoms with Crippen molar-refractivity contribution in [2.24, 2.45) is 4.99 Å². The van der Waals surface area contributed by atoms with Gasteiger partial charge in [0.1, 0.15) is 23.4 Å². The summed E-state index contributed by atoms with van der Waals surface area (Å²) in [6.45, 7) is 15.0. The Hall–Kier alpha value is -2.85. The third-order valence-corrected chi connectivity index (χ3v) is 7.62. The fourth-order valence-corrected chi connectivity index (χ4v) is 5.81. The maximum Gasteiger partial charge on any atom is 0.352 e. The number of benzene rings is 1. The van der Waals surface area contributed by atoms with E-state index in [1.807, 2.05) is 53.7 Å². The molecule has 2 aliphatic heterocycles. The number of amides is 1. The fraction of sp³-hybridized carbons (Fsp3) is 0.556. The average Bonchev–Trinajstić information content (AvgIpc) is 2.78. The molecule has 0 aromatic heterocycles. The molecule has 3 rings (SSSR count). The standard InChI is InChI=1S/C27H36N2O7S/c1-9-36-27(23(34)29-20(22(32)33)17(13-35-15(2)30)14-37-24(27)29)28-12-16-10-18(25(3,4)5)21(31)19(11-16)26(6,7)8/h10-12,24,31H,9,13-14H2,1-8H3,(H,32,33)/b28-12+/t24-,27+/m1/s1. The van der Waals surface area contributed by atoms with Gasteiger partial charge in [0.25, 0.3) is 11.6 Å². The summed E-state index contributed by atoms with van der Waals surface area (Å²) in [5, 5.41) is 20.2. The zero-order valence-electron chi connectivity index (χ0n) is 22.7. The van der Waals surface area contributed by atoms with Crippen LogP contribution < -0.4 is 0 Å². The van der Waals surface area contributed by atoms with E-state index in [9.17, 15) is 24.6 Å². The minimum atomic E-state index is -1.59. The number of rotatable bonds is 7. The first-order valence-corrected chi connectivity index (χ1v) is 13.2. The molecule has 2 aliphatic rings. The van der Waals surface area contributed by atoms with Gasteiger partial charge in [-0.15, -0.1) is 11.8 Å². The number of nitrogens with zero attached hydrogens (tertiary/aromatic N) is 2. The van der Waals surface area contributed by atoms with Gasteiger partial charge in [-0.05, 0) is 35.4 Å². The first-order valence-electron chi connectivity index (χ1n) is 12.2. The number of carbonyl (C=O) groups excluding carboxylic acids is 2. The largest absolute Gasteiger partial charge is 0.507 e. The van der Waals surface area contributed by atoms with Gasteiger partial charge in [0.05, 0.1) is 0 Å². The Kier molecular flexibility index (Phi) is 7.86. The normalized spacial score (nSPS) is 22.2. The van der Waals surface area contributed by atoms with Crippen molar-refractivity contribution in [3.05, 3.63) is 40.1 Å². The molecule has 202 valence electrons. The molecule has 0 unspecified atom stereocenters. The quantitative estimate of drug-likeness (QED) is 0.307. The highest BCUT2D eigenvalue weighted by Crippen LogP contribution is 2.49. The summed E-state index contributed by atoms with van der Waals surface area (Å²) < 4.78 is 10.9. The summed E-state index contributed by atoms with van der Waals surface area (Å²) in [5.74, 6) is -1.92. The van der Waals surface area contributed by atoms with Crippen LogP contribution in [0.25, 0.3) is 0 Å². The number of carbonyl (C=O) groups is 3. The summed E-state index contributed by atoms with van der Waals surface area (Å²) in [4.78, 5) is 42.6. The molecule has 2 N–H and O–H groups in total. The minimum absolute atomic E-state index is 0.191. The van der Waals surface area contributed by atoms with E-state index < -0.39 is 28.9 Å². The molecule has 1 fully saturated rings. The van der Waals surface area contributed by atoms with Crippen molar-refractivity contribution in [3.8, 4) is 5.75 Å². The lowest BCUT2D eigenvalue weighted by Crippen LogP contribution is -2.74. The van der Waals surface area contributed by atoms with E-state index in [1.165, 1.54) is 23.6 Å². The van der Waals surface area contributed by atoms with Crippen molar-refractivity contribution < 1.29 is 34.1 Å². The van der Waals surface area contributed by atoms with Gasteiger partial charge in [0.2, 0.25) is 0 Å². The van der Waals surface area contributed by atoms with Crippen molar-refractivity contribution in [2.45, 2.75) is 77.3 Å². The maximum absolute atomic E-state index is 13.5. The van der Waals surface area contributed by atoms with Crippen molar-refractivity contribution in [3.63, 3.8) is 0 Å². The van der Waals surface area contributed by atoms with E-state index >= 15 is 0 Å². The average molecular weight is 533 g/mol. The molecule has 1 aromatic carbocycles. The van der Waals surface area contributed by atoms with Crippen LogP contribution in [-0.4, -0.2) is 69.2 Å². The van der Waals surface area contributed by atoms with Crippen molar-refractivity contribution in [2.75, 3.05) is 19.0 Å². The lowest BCUT2D eigenvalue weighted by Gasteiger charge is -2.54. The Morgan fingerprint density at radius 2 is 1.76 bits per heavy atom. The number of aromatic hydroxyl groups is 1. The van der Waals surface area contributed by atoms with Crippen molar-refractivity contribution in [1.29, 1.82) is 0 Å². The number of thioether (sulfide) groups is 1. The topological polar surface area (TPSA) is 126 Å². The molecule has 9 nitrogen and oxygen atoms in total. The van der Waals surface area contributed by atoms with Crippen LogP contribution in [0.2, 0.25) is 0 Å². The highest BCUT2D eigenvalue weighted by Gasteiger charge is 2.66. The first-order chi connectivity index (χ1) is 17.0. The molecule has 10 heteroatoms. The molecule has 1 saturated heterocycles. The number of hydrogen-bond donors (Lipinski definition) is 2. The van der Waals surface area contributed by atoms with E-state index in [-0.39, 0.29) is 41.2 Å². The summed E-state index contributed by atoms with van der Waals surface area (Å²) in [6, 6.07) is 3.70. The Labute approximate surface area is 221 Å². The Bertz CT molecular complexity index is 1140. The van der Waals surface area contributed by atoms with Crippen LogP contribution >= 0.6 is 11.8 Å². The minimum Gasteiger partial charge on any atom is -0.507 e. The second kappa shape index (κ2) is 10.1. The molecule has 2 atom stereocenters. The Morgan fingerprint density at radius 1 is 1.19 bits per heavy atom. The fourth-order valence-electron chi connectivity index (χ4n) is 4.43. The summed E-state index contributed by atoms with van der Waals surface area (Å²) >= 11 is 1.31. The van der Waals surface area contributed by atoms with E-state index in [2.05, 4.69) is 4.99 Å². The number of phenolic OH excluding ortho intramolecular Hbond substituents is 1. The van der Waals surface area contributed by atoms with Gasteiger partial charge in [-0.1, -0.05) is 41.5 Å². The Morgan fingerprint density at radius 3 is 2.22 bits per heavy atom. The number of aliphatic imine (C=N–C) groups is 1. The highest BCUT2D eigenvalue weighted by molar-refractivity contribution is 8.00. The molecule has 0 radical (unpaired) electrons. The number of esters is 1. The van der Waals surface area contributed by atoms with Crippen LogP contribution in [0.4, 0.5) is 0 Å². The molecule has 37 heavy (non-hydrogen) atoms. The van der Waals surface area contributed by atoms with Crippen molar-refractivity contribution >= 4 is 35.8 Å². The van der Waals surface area contributed by atoms with Gasteiger partial charge < -0.3 is 19.7 Å². The smallest absolute Gasteiger partial charge is 0.352 e. The molecule has 0 aliphatic carbocycles. The van der Waals surface area contributed by atoms with Crippen LogP contribution in [0.15, 0.2) is 28.4 Å². The van der Waals surface area contributed by atoms with E-state index in [0.717, 1.165) is 11.1 Å². The number of carboxylic acid groups (broad SMARTS) is 1. The lowest BCUT2D eigenvalue weighted by molar-refractivity contribution is -0.186. The monoisotopic (exact) mass is 532 g/mol. The van der Waals surface area contributed by atoms with Crippen LogP contribution in [0, 0.1) is 0 Å². The third kappa shape index (κ3) is 5.40. The third-order valence-electron chi connectivity index (χ3n) is 6.26. The Balaban J connectivity index is 2.05. The summed E-state index contributed by atoms with van der Waals surface area (Å²) in [5.41, 5.74) is 0.0848. The number of phenols is 1. The summed E-state index contributed by atoms with van der Waals surface area (Å²) in [7, 11) is 0. The van der Waals surface area contributed by atoms with Gasteiger partial charge in [-0.3, -0.25) is 14.5 Å². The van der Waals surface area contributed by atoms with E-state index in [4.69, 9.17) is 9.47 Å². The zero-order valence-corrected chi connectivity index (χ0v) is 23.5. The first kappa shape index (κ1) is 28.7. The van der Waals surface area contributed by atoms with Crippen molar-refractivity contribution in [1.82, 2.24) is 4.90 Å². The lowest BCUT2D eigenvalue weighted by atomic mass is 9.78. The number of hydrogen-bond acceptors (Lipinski definition) is 8. The molecule has 1 amide bonds.